The van der Waals surface area contributed by atoms with E-state index in [1.807, 2.05) is 0 Å². The Morgan fingerprint density at radius 2 is 2.00 bits per heavy atom. The second kappa shape index (κ2) is 4.87. The third kappa shape index (κ3) is 4.19. The Kier molecular flexibility index (Phi) is 3.93. The molecule has 1 aliphatic heterocycles. The van der Waals surface area contributed by atoms with Crippen LogP contribution in [0.4, 0.5) is 8.78 Å². The van der Waals surface area contributed by atoms with Gasteiger partial charge in [0.1, 0.15) is 0 Å². The Balaban J connectivity index is 2.53. The Hall–Kier alpha value is -1.36. The molecule has 0 spiro atoms. The van der Waals surface area contributed by atoms with Crippen LogP contribution >= 0.6 is 0 Å². The number of likely N-dealkylation sites (tertiary alicyclic amines) is 1. The van der Waals surface area contributed by atoms with Crippen LogP contribution in [0.3, 0.4) is 0 Å². The second-order valence-electron chi connectivity index (χ2n) is 4.92. The molecule has 0 aromatic rings. The highest BCUT2D eigenvalue weighted by Crippen LogP contribution is 2.28. The van der Waals surface area contributed by atoms with Crippen molar-refractivity contribution in [3.8, 4) is 0 Å². The summed E-state index contributed by atoms with van der Waals surface area (Å²) in [5, 5.41) is 3.50. The minimum atomic E-state index is -2.66. The number of hydrogen-bond donors (Lipinski definition) is 0. The van der Waals surface area contributed by atoms with Gasteiger partial charge in [0.25, 0.3) is 5.92 Å². The van der Waals surface area contributed by atoms with E-state index >= 15 is 0 Å². The molecule has 17 heavy (non-hydrogen) atoms. The molecule has 1 fully saturated rings. The summed E-state index contributed by atoms with van der Waals surface area (Å²) in [6.45, 7) is 3.42. The molecule has 0 unspecified atom stereocenters. The van der Waals surface area contributed by atoms with Gasteiger partial charge >= 0.3 is 0 Å². The van der Waals surface area contributed by atoms with Crippen molar-refractivity contribution < 1.29 is 13.6 Å². The molecule has 1 aliphatic rings. The fraction of sp³-hybridized carbons (Fsp3) is 0.900. The van der Waals surface area contributed by atoms with Crippen LogP contribution in [-0.4, -0.2) is 35.4 Å². The van der Waals surface area contributed by atoms with Crippen LogP contribution in [-0.2, 0) is 4.79 Å². The number of piperidine rings is 1. The van der Waals surface area contributed by atoms with Crippen LogP contribution in [0.5, 0.6) is 0 Å². The van der Waals surface area contributed by atoms with Crippen molar-refractivity contribution in [3.63, 3.8) is 0 Å². The Bertz CT molecular complexity index is 340. The van der Waals surface area contributed by atoms with Crippen molar-refractivity contribution in [3.05, 3.63) is 10.4 Å². The Labute approximate surface area is 98.4 Å². The minimum absolute atomic E-state index is 0.0443. The number of hydrogen-bond acceptors (Lipinski definition) is 2. The van der Waals surface area contributed by atoms with E-state index in [-0.39, 0.29) is 38.3 Å². The summed E-state index contributed by atoms with van der Waals surface area (Å²) in [6, 6.07) is 0. The molecule has 96 valence electrons. The van der Waals surface area contributed by atoms with E-state index in [1.54, 1.807) is 13.8 Å². The lowest BCUT2D eigenvalue weighted by Crippen LogP contribution is -2.44. The summed E-state index contributed by atoms with van der Waals surface area (Å²) in [4.78, 5) is 15.9. The number of amides is 1. The topological polar surface area (TPSA) is 69.1 Å². The van der Waals surface area contributed by atoms with Crippen LogP contribution in [0.2, 0.25) is 0 Å². The highest BCUT2D eigenvalue weighted by atomic mass is 19.3. The summed E-state index contributed by atoms with van der Waals surface area (Å²) < 4.78 is 25.8. The molecule has 0 atom stereocenters. The van der Waals surface area contributed by atoms with Crippen LogP contribution < -0.4 is 0 Å². The normalized spacial score (nSPS) is 19.6. The zero-order valence-electron chi connectivity index (χ0n) is 9.99. The molecular weight excluding hydrogens is 230 g/mol. The molecule has 0 aliphatic carbocycles. The molecule has 1 saturated heterocycles. The van der Waals surface area contributed by atoms with E-state index < -0.39 is 11.5 Å². The van der Waals surface area contributed by atoms with E-state index in [0.29, 0.717) is 0 Å². The lowest BCUT2D eigenvalue weighted by atomic mass is 9.99. The molecule has 0 radical (unpaired) electrons. The van der Waals surface area contributed by atoms with Gasteiger partial charge in [0, 0.05) is 37.3 Å². The van der Waals surface area contributed by atoms with Gasteiger partial charge in [0.05, 0.1) is 5.54 Å². The van der Waals surface area contributed by atoms with Crippen molar-refractivity contribution in [2.45, 2.75) is 44.6 Å². The van der Waals surface area contributed by atoms with Crippen LogP contribution in [0, 0.1) is 0 Å². The van der Waals surface area contributed by atoms with Gasteiger partial charge in [0.15, 0.2) is 0 Å². The van der Waals surface area contributed by atoms with Crippen LogP contribution in [0.15, 0.2) is 5.11 Å². The van der Waals surface area contributed by atoms with E-state index in [2.05, 4.69) is 10.0 Å². The van der Waals surface area contributed by atoms with Crippen molar-refractivity contribution in [1.29, 1.82) is 0 Å². The third-order valence-corrected chi connectivity index (χ3v) is 2.75. The van der Waals surface area contributed by atoms with Crippen molar-refractivity contribution in [1.82, 2.24) is 4.90 Å². The summed E-state index contributed by atoms with van der Waals surface area (Å²) >= 11 is 0. The Morgan fingerprint density at radius 3 is 2.47 bits per heavy atom. The van der Waals surface area contributed by atoms with E-state index in [0.717, 1.165) is 0 Å². The molecule has 0 N–H and O–H groups in total. The van der Waals surface area contributed by atoms with Gasteiger partial charge in [-0.15, -0.1) is 0 Å². The fourth-order valence-electron chi connectivity index (χ4n) is 1.72. The lowest BCUT2D eigenvalue weighted by molar-refractivity contribution is -0.138. The largest absolute Gasteiger partial charge is 0.342 e. The summed E-state index contributed by atoms with van der Waals surface area (Å²) in [5.74, 6) is -2.89. The van der Waals surface area contributed by atoms with Crippen molar-refractivity contribution in [2.75, 3.05) is 13.1 Å². The quantitative estimate of drug-likeness (QED) is 0.429. The monoisotopic (exact) mass is 246 g/mol. The van der Waals surface area contributed by atoms with Crippen LogP contribution in [0.1, 0.15) is 33.1 Å². The summed E-state index contributed by atoms with van der Waals surface area (Å²) in [7, 11) is 0. The molecule has 7 heteroatoms. The smallest absolute Gasteiger partial charge is 0.251 e. The van der Waals surface area contributed by atoms with Crippen LogP contribution in [0.25, 0.3) is 10.4 Å². The highest BCUT2D eigenvalue weighted by Gasteiger charge is 2.36. The first-order valence-corrected chi connectivity index (χ1v) is 5.48. The number of carbonyl (C=O) groups excluding carboxylic acids is 1. The second-order valence-corrected chi connectivity index (χ2v) is 4.92. The molecule has 1 amide bonds. The number of azide groups is 1. The standard InChI is InChI=1S/C10H16F2N4O/c1-9(2,14-15-13)7-8(17)16-5-3-10(11,12)4-6-16/h3-7H2,1-2H3. The summed E-state index contributed by atoms with van der Waals surface area (Å²) in [6.07, 6.45) is -0.538. The van der Waals surface area contributed by atoms with E-state index in [1.165, 1.54) is 4.90 Å². The van der Waals surface area contributed by atoms with Gasteiger partial charge in [0.2, 0.25) is 5.91 Å². The van der Waals surface area contributed by atoms with Crippen molar-refractivity contribution in [2.24, 2.45) is 5.11 Å². The first-order valence-electron chi connectivity index (χ1n) is 5.48. The van der Waals surface area contributed by atoms with Gasteiger partial charge in [-0.1, -0.05) is 19.0 Å². The summed E-state index contributed by atoms with van der Waals surface area (Å²) in [5.41, 5.74) is 7.51. The maximum atomic E-state index is 12.9. The zero-order chi connectivity index (χ0) is 13.1. The number of nitrogens with zero attached hydrogens (tertiary/aromatic N) is 4. The predicted molar refractivity (Wildman–Crippen MR) is 58.6 cm³/mol. The highest BCUT2D eigenvalue weighted by molar-refractivity contribution is 5.77. The number of rotatable bonds is 3. The molecule has 1 heterocycles. The predicted octanol–water partition coefficient (Wildman–Crippen LogP) is 2.72. The number of halogens is 2. The maximum absolute atomic E-state index is 12.9. The molecule has 0 aromatic carbocycles. The lowest BCUT2D eigenvalue weighted by Gasteiger charge is -2.33. The maximum Gasteiger partial charge on any atom is 0.251 e. The average molecular weight is 246 g/mol. The molecule has 5 nitrogen and oxygen atoms in total. The van der Waals surface area contributed by atoms with Gasteiger partial charge < -0.3 is 4.90 Å². The zero-order valence-corrected chi connectivity index (χ0v) is 9.99. The number of alkyl halides is 2. The molecular formula is C10H16F2N4O. The Morgan fingerprint density at radius 1 is 1.47 bits per heavy atom. The molecule has 0 bridgehead atoms. The van der Waals surface area contributed by atoms with Gasteiger partial charge in [-0.25, -0.2) is 8.78 Å². The number of carbonyl (C=O) groups is 1. The first-order chi connectivity index (χ1) is 7.76. The van der Waals surface area contributed by atoms with Gasteiger partial charge in [-0.2, -0.15) is 0 Å². The van der Waals surface area contributed by atoms with Gasteiger partial charge in [-0.05, 0) is 5.53 Å². The SMILES string of the molecule is CC(C)(CC(=O)N1CCC(F)(F)CC1)N=[N+]=[N-]. The minimum Gasteiger partial charge on any atom is -0.342 e. The first kappa shape index (κ1) is 13.7. The van der Waals surface area contributed by atoms with Gasteiger partial charge in [-0.3, -0.25) is 4.79 Å². The molecule has 0 saturated carbocycles. The molecule has 0 aromatic heterocycles. The third-order valence-electron chi connectivity index (χ3n) is 2.75. The molecule has 1 rings (SSSR count). The average Bonchev–Trinajstić information content (AvgIpc) is 2.16. The van der Waals surface area contributed by atoms with E-state index in [4.69, 9.17) is 5.53 Å². The van der Waals surface area contributed by atoms with E-state index in [9.17, 15) is 13.6 Å². The van der Waals surface area contributed by atoms with Crippen molar-refractivity contribution >= 4 is 5.91 Å². The fourth-order valence-corrected chi connectivity index (χ4v) is 1.72.